The monoisotopic (exact) mass is 458 g/mol. The maximum absolute atomic E-state index is 13.1. The second-order valence-corrected chi connectivity index (χ2v) is 9.88. The Morgan fingerprint density at radius 3 is 2.38 bits per heavy atom. The summed E-state index contributed by atoms with van der Waals surface area (Å²) in [6.45, 7) is 2.94. The first kappa shape index (κ1) is 23.4. The van der Waals surface area contributed by atoms with Crippen molar-refractivity contribution in [2.45, 2.75) is 30.7 Å². The van der Waals surface area contributed by atoms with Gasteiger partial charge in [-0.3, -0.25) is 14.5 Å². The van der Waals surface area contributed by atoms with E-state index in [4.69, 9.17) is 0 Å². The third kappa shape index (κ3) is 4.11. The molecule has 1 heterocycles. The van der Waals surface area contributed by atoms with Crippen LogP contribution in [0.4, 0.5) is 10.5 Å². The van der Waals surface area contributed by atoms with E-state index >= 15 is 0 Å². The zero-order valence-electron chi connectivity index (χ0n) is 18.4. The number of urea groups is 1. The molecule has 3 rings (SSSR count). The van der Waals surface area contributed by atoms with Crippen molar-refractivity contribution in [1.29, 1.82) is 0 Å². The van der Waals surface area contributed by atoms with Crippen LogP contribution in [0, 0.1) is 6.92 Å². The number of imide groups is 1. The minimum atomic E-state index is -3.70. The SMILES string of the molecule is CCC1(c2ccccc2)NC(=O)N(CC(=O)Nc2ccc(C)c(S(=O)(=O)N(C)C)c2)C1=O. The topological polar surface area (TPSA) is 116 Å². The number of hydrogen-bond donors (Lipinski definition) is 2. The van der Waals surface area contributed by atoms with Gasteiger partial charge >= 0.3 is 6.03 Å². The highest BCUT2D eigenvalue weighted by Gasteiger charge is 2.51. The summed E-state index contributed by atoms with van der Waals surface area (Å²) in [4.78, 5) is 39.3. The summed E-state index contributed by atoms with van der Waals surface area (Å²) in [5.74, 6) is -1.13. The van der Waals surface area contributed by atoms with Gasteiger partial charge in [0.05, 0.1) is 4.90 Å². The fourth-order valence-electron chi connectivity index (χ4n) is 3.63. The molecule has 1 unspecified atom stereocenters. The second kappa shape index (κ2) is 8.71. The van der Waals surface area contributed by atoms with Gasteiger partial charge < -0.3 is 10.6 Å². The molecule has 1 atom stereocenters. The molecule has 1 aliphatic rings. The van der Waals surface area contributed by atoms with Crippen molar-refractivity contribution >= 4 is 33.6 Å². The van der Waals surface area contributed by atoms with Crippen LogP contribution >= 0.6 is 0 Å². The molecular formula is C22H26N4O5S. The van der Waals surface area contributed by atoms with E-state index in [-0.39, 0.29) is 10.6 Å². The number of carbonyl (C=O) groups is 3. The summed E-state index contributed by atoms with van der Waals surface area (Å²) < 4.78 is 26.1. The molecule has 0 saturated carbocycles. The van der Waals surface area contributed by atoms with E-state index in [1.54, 1.807) is 50.2 Å². The molecule has 0 aliphatic carbocycles. The fraction of sp³-hybridized carbons (Fsp3) is 0.318. The average molecular weight is 459 g/mol. The van der Waals surface area contributed by atoms with Gasteiger partial charge in [-0.15, -0.1) is 0 Å². The summed E-state index contributed by atoms with van der Waals surface area (Å²) in [7, 11) is -0.860. The van der Waals surface area contributed by atoms with Gasteiger partial charge in [0.2, 0.25) is 15.9 Å². The molecule has 32 heavy (non-hydrogen) atoms. The molecule has 1 aliphatic heterocycles. The van der Waals surface area contributed by atoms with Crippen molar-refractivity contribution in [1.82, 2.24) is 14.5 Å². The lowest BCUT2D eigenvalue weighted by Gasteiger charge is -2.25. The van der Waals surface area contributed by atoms with Gasteiger partial charge in [0.1, 0.15) is 12.1 Å². The third-order valence-corrected chi connectivity index (χ3v) is 7.46. The molecule has 2 aromatic carbocycles. The zero-order chi connectivity index (χ0) is 23.7. The number of amides is 4. The first-order chi connectivity index (χ1) is 15.0. The summed E-state index contributed by atoms with van der Waals surface area (Å²) >= 11 is 0. The maximum atomic E-state index is 13.1. The summed E-state index contributed by atoms with van der Waals surface area (Å²) in [6.07, 6.45) is 0.323. The van der Waals surface area contributed by atoms with E-state index in [1.165, 1.54) is 20.2 Å². The summed E-state index contributed by atoms with van der Waals surface area (Å²) in [5.41, 5.74) is 0.190. The Morgan fingerprint density at radius 2 is 1.78 bits per heavy atom. The number of hydrogen-bond acceptors (Lipinski definition) is 5. The third-order valence-electron chi connectivity index (χ3n) is 5.50. The largest absolute Gasteiger partial charge is 0.325 e. The van der Waals surface area contributed by atoms with E-state index in [0.29, 0.717) is 17.5 Å². The highest BCUT2D eigenvalue weighted by atomic mass is 32.2. The lowest BCUT2D eigenvalue weighted by molar-refractivity contribution is -0.134. The Kier molecular flexibility index (Phi) is 6.38. The number of benzene rings is 2. The van der Waals surface area contributed by atoms with E-state index in [2.05, 4.69) is 10.6 Å². The van der Waals surface area contributed by atoms with E-state index < -0.39 is 40.0 Å². The first-order valence-corrected chi connectivity index (χ1v) is 11.5. The molecule has 0 radical (unpaired) electrons. The molecular weight excluding hydrogens is 432 g/mol. The van der Waals surface area contributed by atoms with Crippen LogP contribution in [0.15, 0.2) is 53.4 Å². The normalized spacial score (nSPS) is 18.7. The van der Waals surface area contributed by atoms with Crippen molar-refractivity contribution in [2.24, 2.45) is 0 Å². The molecule has 0 aromatic heterocycles. The molecule has 1 saturated heterocycles. The molecule has 2 N–H and O–H groups in total. The smallest absolute Gasteiger partial charge is 0.324 e. The number of nitrogens with one attached hydrogen (secondary N) is 2. The average Bonchev–Trinajstić information content (AvgIpc) is 3.00. The Morgan fingerprint density at radius 1 is 1.12 bits per heavy atom. The van der Waals surface area contributed by atoms with Crippen molar-refractivity contribution in [3.63, 3.8) is 0 Å². The Balaban J connectivity index is 1.80. The van der Waals surface area contributed by atoms with E-state index in [0.717, 1.165) is 9.21 Å². The molecule has 9 nitrogen and oxygen atoms in total. The van der Waals surface area contributed by atoms with Gasteiger partial charge in [-0.25, -0.2) is 17.5 Å². The van der Waals surface area contributed by atoms with Crippen LogP contribution in [0.5, 0.6) is 0 Å². The van der Waals surface area contributed by atoms with Crippen molar-refractivity contribution in [2.75, 3.05) is 26.0 Å². The summed E-state index contributed by atoms with van der Waals surface area (Å²) in [5, 5.41) is 5.30. The number of anilines is 1. The molecule has 1 fully saturated rings. The van der Waals surface area contributed by atoms with Crippen LogP contribution in [0.25, 0.3) is 0 Å². The molecule has 0 spiro atoms. The van der Waals surface area contributed by atoms with Crippen molar-refractivity contribution < 1.29 is 22.8 Å². The second-order valence-electron chi connectivity index (χ2n) is 7.76. The Bertz CT molecular complexity index is 1160. The number of aryl methyl sites for hydroxylation is 1. The molecule has 0 bridgehead atoms. The van der Waals surface area contributed by atoms with E-state index in [9.17, 15) is 22.8 Å². The van der Waals surface area contributed by atoms with Crippen molar-refractivity contribution in [3.8, 4) is 0 Å². The number of carbonyl (C=O) groups excluding carboxylic acids is 3. The zero-order valence-corrected chi connectivity index (χ0v) is 19.2. The van der Waals surface area contributed by atoms with Crippen LogP contribution < -0.4 is 10.6 Å². The molecule has 2 aromatic rings. The fourth-order valence-corrected chi connectivity index (χ4v) is 4.77. The molecule has 10 heteroatoms. The quantitative estimate of drug-likeness (QED) is 0.616. The van der Waals surface area contributed by atoms with Gasteiger partial charge in [0.25, 0.3) is 5.91 Å². The number of sulfonamides is 1. The molecule has 4 amide bonds. The lowest BCUT2D eigenvalue weighted by atomic mass is 9.87. The predicted octanol–water partition coefficient (Wildman–Crippen LogP) is 2.04. The Hall–Kier alpha value is -3.24. The van der Waals surface area contributed by atoms with Crippen LogP contribution in [0.1, 0.15) is 24.5 Å². The highest BCUT2D eigenvalue weighted by molar-refractivity contribution is 7.89. The van der Waals surface area contributed by atoms with Crippen LogP contribution in [0.2, 0.25) is 0 Å². The number of rotatable bonds is 7. The summed E-state index contributed by atoms with van der Waals surface area (Å²) in [6, 6.07) is 12.7. The minimum absolute atomic E-state index is 0.0596. The Labute approximate surface area is 187 Å². The van der Waals surface area contributed by atoms with Crippen LogP contribution in [0.3, 0.4) is 0 Å². The standard InChI is InChI=1S/C22H26N4O5S/c1-5-22(16-9-7-6-8-10-16)20(28)26(21(29)24-22)14-19(27)23-17-12-11-15(2)18(13-17)32(30,31)25(3)4/h6-13H,5,14H2,1-4H3,(H,23,27)(H,24,29). The van der Waals surface area contributed by atoms with Gasteiger partial charge in [-0.05, 0) is 36.6 Å². The van der Waals surface area contributed by atoms with Gasteiger partial charge in [-0.1, -0.05) is 43.3 Å². The minimum Gasteiger partial charge on any atom is -0.324 e. The van der Waals surface area contributed by atoms with Gasteiger partial charge in [0.15, 0.2) is 0 Å². The highest BCUT2D eigenvalue weighted by Crippen LogP contribution is 2.32. The van der Waals surface area contributed by atoms with Crippen LogP contribution in [-0.2, 0) is 25.2 Å². The van der Waals surface area contributed by atoms with Crippen LogP contribution in [-0.4, -0.2) is 56.1 Å². The van der Waals surface area contributed by atoms with Crippen molar-refractivity contribution in [3.05, 3.63) is 59.7 Å². The maximum Gasteiger partial charge on any atom is 0.325 e. The van der Waals surface area contributed by atoms with E-state index in [1.807, 2.05) is 6.07 Å². The lowest BCUT2D eigenvalue weighted by Crippen LogP contribution is -2.44. The van der Waals surface area contributed by atoms with Gasteiger partial charge in [-0.2, -0.15) is 0 Å². The number of nitrogens with zero attached hydrogens (tertiary/aromatic N) is 2. The van der Waals surface area contributed by atoms with Gasteiger partial charge in [0, 0.05) is 19.8 Å². The molecule has 170 valence electrons. The predicted molar refractivity (Wildman–Crippen MR) is 119 cm³/mol. The first-order valence-electron chi connectivity index (χ1n) is 10.1.